The lowest BCUT2D eigenvalue weighted by Gasteiger charge is -2.02. The van der Waals surface area contributed by atoms with Crippen LogP contribution in [0.25, 0.3) is 11.3 Å². The molecule has 4 heteroatoms. The van der Waals surface area contributed by atoms with Crippen LogP contribution in [0.3, 0.4) is 0 Å². The van der Waals surface area contributed by atoms with Crippen LogP contribution in [-0.2, 0) is 4.79 Å². The fourth-order valence-corrected chi connectivity index (χ4v) is 1.52. The van der Waals surface area contributed by atoms with Gasteiger partial charge in [0.2, 0.25) is 0 Å². The Bertz CT molecular complexity index is 558. The summed E-state index contributed by atoms with van der Waals surface area (Å²) in [5, 5.41) is 0. The minimum atomic E-state index is -0.457. The first-order chi connectivity index (χ1) is 8.06. The van der Waals surface area contributed by atoms with Crippen LogP contribution >= 0.6 is 0 Å². The summed E-state index contributed by atoms with van der Waals surface area (Å²) < 4.78 is 23.2. The molecule has 1 heterocycles. The zero-order valence-corrected chi connectivity index (χ0v) is 9.49. The lowest BCUT2D eigenvalue weighted by molar-refractivity contribution is -0.133. The average molecular weight is 234 g/mol. The molecule has 17 heavy (non-hydrogen) atoms. The van der Waals surface area contributed by atoms with Gasteiger partial charge in [0.25, 0.3) is 5.95 Å². The first-order valence-corrected chi connectivity index (χ1v) is 5.11. The molecular weight excluding hydrogens is 223 g/mol. The predicted molar refractivity (Wildman–Crippen MR) is 60.1 cm³/mol. The summed E-state index contributed by atoms with van der Waals surface area (Å²) >= 11 is 0. The van der Waals surface area contributed by atoms with Gasteiger partial charge in [-0.3, -0.25) is 4.79 Å². The lowest BCUT2D eigenvalue weighted by Crippen LogP contribution is -1.99. The summed E-state index contributed by atoms with van der Waals surface area (Å²) in [6.07, 6.45) is 0. The maximum Gasteiger partial charge on any atom is 0.310 e. The highest BCUT2D eigenvalue weighted by atomic mass is 19.1. The van der Waals surface area contributed by atoms with Gasteiger partial charge in [0.15, 0.2) is 0 Å². The van der Waals surface area contributed by atoms with Gasteiger partial charge in [0, 0.05) is 18.6 Å². The monoisotopic (exact) mass is 234 g/mol. The first kappa shape index (κ1) is 11.4. The number of rotatable bonds is 2. The molecule has 0 unspecified atom stereocenters. The van der Waals surface area contributed by atoms with Crippen LogP contribution in [0.2, 0.25) is 0 Å². The molecule has 1 aromatic heterocycles. The molecule has 0 aliphatic rings. The largest absolute Gasteiger partial charge is 0.425 e. The Morgan fingerprint density at radius 3 is 2.76 bits per heavy atom. The van der Waals surface area contributed by atoms with E-state index in [0.717, 1.165) is 5.56 Å². The second kappa shape index (κ2) is 4.41. The fourth-order valence-electron chi connectivity index (χ4n) is 1.52. The van der Waals surface area contributed by atoms with E-state index in [0.29, 0.717) is 11.3 Å². The molecule has 3 nitrogen and oxygen atoms in total. The second-order valence-corrected chi connectivity index (χ2v) is 3.67. The van der Waals surface area contributed by atoms with Gasteiger partial charge < -0.3 is 9.15 Å². The molecule has 0 bridgehead atoms. The second-order valence-electron chi connectivity index (χ2n) is 3.67. The van der Waals surface area contributed by atoms with E-state index in [9.17, 15) is 9.18 Å². The number of carbonyl (C=O) groups excluding carboxylic acids is 1. The van der Waals surface area contributed by atoms with Crippen LogP contribution in [0.1, 0.15) is 12.5 Å². The quantitative estimate of drug-likeness (QED) is 0.748. The van der Waals surface area contributed by atoms with E-state index in [1.807, 2.05) is 6.92 Å². The summed E-state index contributed by atoms with van der Waals surface area (Å²) in [7, 11) is 0. The number of halogens is 1. The van der Waals surface area contributed by atoms with Crippen LogP contribution in [0.4, 0.5) is 4.39 Å². The number of benzene rings is 1. The third-order valence-corrected chi connectivity index (χ3v) is 2.29. The maximum atomic E-state index is 13.1. The molecule has 1 aromatic carbocycles. The molecule has 0 fully saturated rings. The summed E-state index contributed by atoms with van der Waals surface area (Å²) in [6.45, 7) is 3.14. The zero-order chi connectivity index (χ0) is 12.4. The number of ether oxygens (including phenoxy) is 1. The van der Waals surface area contributed by atoms with Gasteiger partial charge in [-0.25, -0.2) is 4.39 Å². The molecule has 88 valence electrons. The summed E-state index contributed by atoms with van der Waals surface area (Å²) in [5.74, 6) is -0.215. The minimum Gasteiger partial charge on any atom is -0.425 e. The van der Waals surface area contributed by atoms with Gasteiger partial charge in [-0.15, -0.1) is 0 Å². The van der Waals surface area contributed by atoms with Crippen molar-refractivity contribution in [3.63, 3.8) is 0 Å². The Morgan fingerprint density at radius 2 is 2.06 bits per heavy atom. The molecule has 0 radical (unpaired) electrons. The van der Waals surface area contributed by atoms with Gasteiger partial charge in [-0.2, -0.15) is 0 Å². The van der Waals surface area contributed by atoms with E-state index in [2.05, 4.69) is 0 Å². The number of carbonyl (C=O) groups is 1. The zero-order valence-electron chi connectivity index (χ0n) is 9.49. The van der Waals surface area contributed by atoms with Crippen molar-refractivity contribution in [3.05, 3.63) is 41.7 Å². The first-order valence-electron chi connectivity index (χ1n) is 5.11. The van der Waals surface area contributed by atoms with E-state index >= 15 is 0 Å². The van der Waals surface area contributed by atoms with Crippen LogP contribution in [0.5, 0.6) is 5.95 Å². The highest BCUT2D eigenvalue weighted by Crippen LogP contribution is 2.29. The molecule has 0 saturated heterocycles. The molecule has 0 aliphatic heterocycles. The van der Waals surface area contributed by atoms with E-state index in [1.54, 1.807) is 12.1 Å². The topological polar surface area (TPSA) is 39.4 Å². The van der Waals surface area contributed by atoms with Gasteiger partial charge in [0.05, 0.1) is 0 Å². The lowest BCUT2D eigenvalue weighted by atomic mass is 10.1. The molecule has 0 spiro atoms. The number of esters is 1. The van der Waals surface area contributed by atoms with Crippen molar-refractivity contribution in [2.24, 2.45) is 0 Å². The van der Waals surface area contributed by atoms with Gasteiger partial charge >= 0.3 is 5.97 Å². The molecule has 2 aromatic rings. The van der Waals surface area contributed by atoms with E-state index in [-0.39, 0.29) is 11.8 Å². The number of hydrogen-bond donors (Lipinski definition) is 0. The Labute approximate surface area is 97.8 Å². The normalized spacial score (nSPS) is 10.3. The Hall–Kier alpha value is -2.10. The van der Waals surface area contributed by atoms with Crippen LogP contribution in [0.15, 0.2) is 34.7 Å². The van der Waals surface area contributed by atoms with Crippen molar-refractivity contribution in [2.45, 2.75) is 13.8 Å². The Balaban J connectivity index is 2.36. The number of aryl methyl sites for hydroxylation is 1. The molecule has 0 atom stereocenters. The minimum absolute atomic E-state index is 0.108. The smallest absolute Gasteiger partial charge is 0.310 e. The van der Waals surface area contributed by atoms with E-state index in [4.69, 9.17) is 9.15 Å². The molecule has 2 rings (SSSR count). The van der Waals surface area contributed by atoms with Crippen molar-refractivity contribution >= 4 is 5.97 Å². The molecule has 0 amide bonds. The maximum absolute atomic E-state index is 13.1. The van der Waals surface area contributed by atoms with Gasteiger partial charge in [-0.1, -0.05) is 6.07 Å². The van der Waals surface area contributed by atoms with Crippen LogP contribution in [0, 0.1) is 12.7 Å². The van der Waals surface area contributed by atoms with E-state index < -0.39 is 5.97 Å². The van der Waals surface area contributed by atoms with Crippen LogP contribution in [-0.4, -0.2) is 5.97 Å². The van der Waals surface area contributed by atoms with Crippen molar-refractivity contribution in [3.8, 4) is 17.3 Å². The van der Waals surface area contributed by atoms with Crippen molar-refractivity contribution in [2.75, 3.05) is 0 Å². The molecule has 0 saturated carbocycles. The summed E-state index contributed by atoms with van der Waals surface area (Å²) in [4.78, 5) is 10.7. The highest BCUT2D eigenvalue weighted by Gasteiger charge is 2.10. The SMILES string of the molecule is CC(=O)Oc1ccc(-c2cc(F)ccc2C)o1. The third-order valence-electron chi connectivity index (χ3n) is 2.29. The number of furan rings is 1. The van der Waals surface area contributed by atoms with Crippen molar-refractivity contribution in [1.82, 2.24) is 0 Å². The summed E-state index contributed by atoms with van der Waals surface area (Å²) in [6, 6.07) is 7.60. The average Bonchev–Trinajstić information content (AvgIpc) is 2.69. The number of hydrogen-bond acceptors (Lipinski definition) is 3. The Kier molecular flexibility index (Phi) is 2.95. The fraction of sp³-hybridized carbons (Fsp3) is 0.154. The Morgan fingerprint density at radius 1 is 1.29 bits per heavy atom. The molecule has 0 N–H and O–H groups in total. The summed E-state index contributed by atoms with van der Waals surface area (Å²) in [5.41, 5.74) is 1.53. The highest BCUT2D eigenvalue weighted by molar-refractivity contribution is 5.69. The van der Waals surface area contributed by atoms with Crippen molar-refractivity contribution < 1.29 is 18.3 Å². The molecule has 0 aliphatic carbocycles. The third kappa shape index (κ3) is 2.53. The van der Waals surface area contributed by atoms with Crippen LogP contribution < -0.4 is 4.74 Å². The van der Waals surface area contributed by atoms with Gasteiger partial charge in [-0.05, 0) is 30.7 Å². The van der Waals surface area contributed by atoms with Gasteiger partial charge in [0.1, 0.15) is 11.6 Å². The van der Waals surface area contributed by atoms with Crippen molar-refractivity contribution in [1.29, 1.82) is 0 Å². The standard InChI is InChI=1S/C13H11FO3/c1-8-3-4-10(14)7-11(8)12-5-6-13(17-12)16-9(2)15/h3-7H,1-2H3. The van der Waals surface area contributed by atoms with E-state index in [1.165, 1.54) is 25.1 Å². The predicted octanol–water partition coefficient (Wildman–Crippen LogP) is 3.32. The molecular formula is C13H11FO3.